The Morgan fingerprint density at radius 3 is 2.59 bits per heavy atom. The van der Waals surface area contributed by atoms with Crippen LogP contribution in [0, 0.1) is 17.1 Å². The Balaban J connectivity index is 1.09. The average Bonchev–Trinajstić information content (AvgIpc) is 3.34. The third-order valence-corrected chi connectivity index (χ3v) is 6.85. The first-order chi connectivity index (χ1) is 18.8. The van der Waals surface area contributed by atoms with Gasteiger partial charge >= 0.3 is 12.2 Å². The maximum absolute atomic E-state index is 14.7. The largest absolute Gasteiger partial charge is 0.433 e. The number of alkyl halides is 3. The van der Waals surface area contributed by atoms with Crippen molar-refractivity contribution in [1.29, 1.82) is 5.26 Å². The number of hydrogen-bond acceptors (Lipinski definition) is 6. The molecule has 0 atom stereocenters. The molecule has 1 aliphatic rings. The molecule has 5 rings (SSSR count). The molecule has 2 aromatic heterocycles. The van der Waals surface area contributed by atoms with Crippen LogP contribution >= 0.6 is 0 Å². The van der Waals surface area contributed by atoms with Crippen LogP contribution in [-0.2, 0) is 12.6 Å². The van der Waals surface area contributed by atoms with Crippen molar-refractivity contribution in [3.8, 4) is 17.8 Å². The molecule has 3 heterocycles. The smallest absolute Gasteiger partial charge is 0.421 e. The Bertz CT molecular complexity index is 1490. The Labute approximate surface area is 222 Å². The van der Waals surface area contributed by atoms with Crippen molar-refractivity contribution in [3.05, 3.63) is 77.5 Å². The van der Waals surface area contributed by atoms with Gasteiger partial charge in [-0.1, -0.05) is 0 Å². The third kappa shape index (κ3) is 6.29. The molecule has 0 spiro atoms. The van der Waals surface area contributed by atoms with Gasteiger partial charge in [-0.3, -0.25) is 4.90 Å². The summed E-state index contributed by atoms with van der Waals surface area (Å²) in [6.07, 6.45) is 1.31. The van der Waals surface area contributed by atoms with Crippen LogP contribution < -0.4 is 9.64 Å². The fourth-order valence-electron chi connectivity index (χ4n) is 4.75. The van der Waals surface area contributed by atoms with E-state index < -0.39 is 23.7 Å². The maximum atomic E-state index is 14.7. The van der Waals surface area contributed by atoms with E-state index in [4.69, 9.17) is 10.00 Å². The number of nitrogens with zero attached hydrogens (tertiary/aromatic N) is 5. The summed E-state index contributed by atoms with van der Waals surface area (Å²) in [5.74, 6) is -0.939. The Hall–Kier alpha value is -4.17. The minimum atomic E-state index is -4.65. The summed E-state index contributed by atoms with van der Waals surface area (Å²) in [5, 5.41) is 10.3. The standard InChI is InChI=1S/C28H26F4N6O/c29-23-16-21(5-7-25(23)39-27-34-9-8-26(36-27)28(30,31)32)38-13-11-37(12-14-38)10-2-1-3-20-18-35-24-6-4-19(17-33)15-22(20)24/h4-9,15-16,18,35H,1-3,10-14H2. The summed E-state index contributed by atoms with van der Waals surface area (Å²) >= 11 is 0. The lowest BCUT2D eigenvalue weighted by Gasteiger charge is -2.36. The van der Waals surface area contributed by atoms with Gasteiger partial charge in [-0.2, -0.15) is 23.4 Å². The van der Waals surface area contributed by atoms with Gasteiger partial charge in [-0.25, -0.2) is 9.37 Å². The second-order valence-electron chi connectivity index (χ2n) is 9.41. The molecular weight excluding hydrogens is 512 g/mol. The molecule has 0 bridgehead atoms. The maximum Gasteiger partial charge on any atom is 0.433 e. The number of aromatic nitrogens is 3. The zero-order valence-electron chi connectivity index (χ0n) is 21.0. The number of rotatable bonds is 8. The van der Waals surface area contributed by atoms with Crippen LogP contribution in [-0.4, -0.2) is 52.6 Å². The number of nitriles is 1. The molecule has 39 heavy (non-hydrogen) atoms. The SMILES string of the molecule is N#Cc1ccc2[nH]cc(CCCCN3CCN(c4ccc(Oc5nccc(C(F)(F)F)n5)c(F)c4)CC3)c2c1. The third-order valence-electron chi connectivity index (χ3n) is 6.85. The van der Waals surface area contributed by atoms with Crippen molar-refractivity contribution in [1.82, 2.24) is 19.9 Å². The highest BCUT2D eigenvalue weighted by Gasteiger charge is 2.33. The number of halogens is 4. The lowest BCUT2D eigenvalue weighted by molar-refractivity contribution is -0.141. The fourth-order valence-corrected chi connectivity index (χ4v) is 4.75. The van der Waals surface area contributed by atoms with Crippen molar-refractivity contribution < 1.29 is 22.3 Å². The van der Waals surface area contributed by atoms with Gasteiger partial charge < -0.3 is 14.6 Å². The number of anilines is 1. The highest BCUT2D eigenvalue weighted by molar-refractivity contribution is 5.84. The first-order valence-electron chi connectivity index (χ1n) is 12.7. The quantitative estimate of drug-likeness (QED) is 0.221. The topological polar surface area (TPSA) is 81.1 Å². The van der Waals surface area contributed by atoms with Crippen LogP contribution in [0.3, 0.4) is 0 Å². The normalized spacial score (nSPS) is 14.5. The van der Waals surface area contributed by atoms with Crippen molar-refractivity contribution >= 4 is 16.6 Å². The second kappa shape index (κ2) is 11.3. The molecule has 1 aliphatic heterocycles. The van der Waals surface area contributed by atoms with E-state index in [0.29, 0.717) is 11.3 Å². The van der Waals surface area contributed by atoms with Crippen LogP contribution in [0.4, 0.5) is 23.2 Å². The summed E-state index contributed by atoms with van der Waals surface area (Å²) in [7, 11) is 0. The zero-order chi connectivity index (χ0) is 27.4. The molecule has 7 nitrogen and oxygen atoms in total. The lowest BCUT2D eigenvalue weighted by atomic mass is 10.1. The molecule has 1 fully saturated rings. The number of aromatic amines is 1. The van der Waals surface area contributed by atoms with Crippen molar-refractivity contribution in [2.24, 2.45) is 0 Å². The number of ether oxygens (including phenoxy) is 1. The number of H-pyrrole nitrogens is 1. The summed E-state index contributed by atoms with van der Waals surface area (Å²) in [6.45, 7) is 4.12. The number of hydrogen-bond donors (Lipinski definition) is 1. The van der Waals surface area contributed by atoms with Crippen LogP contribution in [0.15, 0.2) is 54.9 Å². The van der Waals surface area contributed by atoms with E-state index in [-0.39, 0.29) is 5.75 Å². The molecule has 0 amide bonds. The highest BCUT2D eigenvalue weighted by atomic mass is 19.4. The van der Waals surface area contributed by atoms with Crippen molar-refractivity contribution in [2.45, 2.75) is 25.4 Å². The van der Waals surface area contributed by atoms with Gasteiger partial charge in [0.05, 0.1) is 11.6 Å². The molecule has 0 unspecified atom stereocenters. The molecule has 11 heteroatoms. The van der Waals surface area contributed by atoms with Gasteiger partial charge in [0, 0.05) is 61.2 Å². The Kier molecular flexibility index (Phi) is 7.65. The average molecular weight is 539 g/mol. The summed E-state index contributed by atoms with van der Waals surface area (Å²) < 4.78 is 58.4. The molecule has 1 saturated heterocycles. The van der Waals surface area contributed by atoms with E-state index >= 15 is 0 Å². The predicted octanol–water partition coefficient (Wildman–Crippen LogP) is 5.92. The highest BCUT2D eigenvalue weighted by Crippen LogP contribution is 2.31. The number of piperazine rings is 1. The van der Waals surface area contributed by atoms with E-state index in [1.54, 1.807) is 6.07 Å². The van der Waals surface area contributed by atoms with Gasteiger partial charge in [0.15, 0.2) is 17.3 Å². The van der Waals surface area contributed by atoms with Crippen LogP contribution in [0.2, 0.25) is 0 Å². The first-order valence-corrected chi connectivity index (χ1v) is 12.7. The molecule has 202 valence electrons. The van der Waals surface area contributed by atoms with Gasteiger partial charge in [-0.15, -0.1) is 0 Å². The van der Waals surface area contributed by atoms with E-state index in [0.717, 1.165) is 75.2 Å². The molecule has 0 saturated carbocycles. The van der Waals surface area contributed by atoms with Crippen LogP contribution in [0.5, 0.6) is 11.8 Å². The van der Waals surface area contributed by atoms with E-state index in [2.05, 4.69) is 30.8 Å². The second-order valence-corrected chi connectivity index (χ2v) is 9.41. The summed E-state index contributed by atoms with van der Waals surface area (Å²) in [6, 6.07) is 12.4. The minimum Gasteiger partial charge on any atom is -0.421 e. The van der Waals surface area contributed by atoms with Crippen molar-refractivity contribution in [3.63, 3.8) is 0 Å². The zero-order valence-corrected chi connectivity index (χ0v) is 21.0. The Morgan fingerprint density at radius 1 is 1.03 bits per heavy atom. The summed E-state index contributed by atoms with van der Waals surface area (Å²) in [4.78, 5) is 14.7. The fraction of sp³-hybridized carbons (Fsp3) is 0.321. The van der Waals surface area contributed by atoms with Gasteiger partial charge in [-0.05, 0) is 67.8 Å². The molecule has 0 radical (unpaired) electrons. The van der Waals surface area contributed by atoms with Crippen molar-refractivity contribution in [2.75, 3.05) is 37.6 Å². The van der Waals surface area contributed by atoms with E-state index in [1.807, 2.05) is 24.4 Å². The monoisotopic (exact) mass is 538 g/mol. The van der Waals surface area contributed by atoms with Crippen LogP contribution in [0.25, 0.3) is 10.9 Å². The van der Waals surface area contributed by atoms with Gasteiger partial charge in [0.25, 0.3) is 0 Å². The molecule has 0 aliphatic carbocycles. The van der Waals surface area contributed by atoms with Gasteiger partial charge in [0.2, 0.25) is 0 Å². The predicted molar refractivity (Wildman–Crippen MR) is 138 cm³/mol. The molecule has 4 aromatic rings. The number of aryl methyl sites for hydroxylation is 1. The Morgan fingerprint density at radius 2 is 1.85 bits per heavy atom. The molecular formula is C28H26F4N6O. The van der Waals surface area contributed by atoms with E-state index in [9.17, 15) is 17.6 Å². The first kappa shape index (κ1) is 26.4. The van der Waals surface area contributed by atoms with Crippen LogP contribution in [0.1, 0.15) is 29.7 Å². The number of unbranched alkanes of at least 4 members (excludes halogenated alkanes) is 1. The van der Waals surface area contributed by atoms with Gasteiger partial charge in [0.1, 0.15) is 0 Å². The molecule has 1 N–H and O–H groups in total. The molecule has 2 aromatic carbocycles. The number of nitrogens with one attached hydrogen (secondary N) is 1. The summed E-state index contributed by atoms with van der Waals surface area (Å²) in [5.41, 5.74) is 2.45. The number of fused-ring (bicyclic) bond motifs is 1. The lowest BCUT2D eigenvalue weighted by Crippen LogP contribution is -2.46. The van der Waals surface area contributed by atoms with E-state index in [1.165, 1.54) is 17.7 Å². The number of benzene rings is 2. The minimum absolute atomic E-state index is 0.240.